The van der Waals surface area contributed by atoms with E-state index in [1.807, 2.05) is 0 Å². The second-order valence-electron chi connectivity index (χ2n) is 4.77. The number of nitrogens with zero attached hydrogens (tertiary/aromatic N) is 2. The molecule has 2 bridgehead atoms. The van der Waals surface area contributed by atoms with Gasteiger partial charge >= 0.3 is 6.18 Å². The zero-order valence-corrected chi connectivity index (χ0v) is 9.43. The molecule has 0 spiro atoms. The summed E-state index contributed by atoms with van der Waals surface area (Å²) in [6.45, 7) is -0.0953. The highest BCUT2D eigenvalue weighted by Gasteiger charge is 2.36. The van der Waals surface area contributed by atoms with Crippen LogP contribution in [0.3, 0.4) is 0 Å². The third-order valence-corrected chi connectivity index (χ3v) is 3.66. The summed E-state index contributed by atoms with van der Waals surface area (Å²) in [6.07, 6.45) is -0.801. The number of fused-ring (bicyclic) bond motifs is 2. The van der Waals surface area contributed by atoms with Gasteiger partial charge < -0.3 is 0 Å². The van der Waals surface area contributed by atoms with E-state index >= 15 is 0 Å². The van der Waals surface area contributed by atoms with Crippen molar-refractivity contribution in [1.82, 2.24) is 4.90 Å². The maximum atomic E-state index is 12.0. The van der Waals surface area contributed by atoms with Gasteiger partial charge in [-0.15, -0.1) is 0 Å². The average molecular weight is 234 g/mol. The van der Waals surface area contributed by atoms with Crippen LogP contribution < -0.4 is 0 Å². The lowest BCUT2D eigenvalue weighted by Crippen LogP contribution is -2.40. The molecule has 2 saturated heterocycles. The fourth-order valence-corrected chi connectivity index (χ4v) is 2.68. The Kier molecular flexibility index (Phi) is 3.24. The van der Waals surface area contributed by atoms with Crippen molar-refractivity contribution in [3.63, 3.8) is 0 Å². The van der Waals surface area contributed by atoms with Crippen LogP contribution in [-0.2, 0) is 0 Å². The molecule has 0 aromatic carbocycles. The summed E-state index contributed by atoms with van der Waals surface area (Å²) in [4.78, 5) is 6.46. The van der Waals surface area contributed by atoms with Crippen molar-refractivity contribution in [3.8, 4) is 0 Å². The van der Waals surface area contributed by atoms with E-state index in [1.165, 1.54) is 12.8 Å². The van der Waals surface area contributed by atoms with Gasteiger partial charge in [0.1, 0.15) is 0 Å². The van der Waals surface area contributed by atoms with E-state index < -0.39 is 12.6 Å². The lowest BCUT2D eigenvalue weighted by atomic mass is 10.0. The van der Waals surface area contributed by atoms with E-state index in [9.17, 15) is 13.2 Å². The zero-order valence-electron chi connectivity index (χ0n) is 9.43. The smallest absolute Gasteiger partial charge is 0.300 e. The lowest BCUT2D eigenvalue weighted by molar-refractivity contribution is -0.132. The van der Waals surface area contributed by atoms with Crippen molar-refractivity contribution < 1.29 is 13.2 Å². The maximum absolute atomic E-state index is 12.0. The minimum absolute atomic E-state index is 0.0953. The summed E-state index contributed by atoms with van der Waals surface area (Å²) < 4.78 is 35.9. The highest BCUT2D eigenvalue weighted by molar-refractivity contribution is 5.86. The number of rotatable bonds is 2. The van der Waals surface area contributed by atoms with Gasteiger partial charge in [0.05, 0.1) is 6.42 Å². The van der Waals surface area contributed by atoms with Gasteiger partial charge in [0.2, 0.25) is 0 Å². The molecule has 16 heavy (non-hydrogen) atoms. The van der Waals surface area contributed by atoms with Gasteiger partial charge in [0, 0.05) is 37.2 Å². The van der Waals surface area contributed by atoms with Crippen molar-refractivity contribution in [2.24, 2.45) is 4.99 Å². The van der Waals surface area contributed by atoms with Gasteiger partial charge in [-0.1, -0.05) is 0 Å². The second-order valence-corrected chi connectivity index (χ2v) is 4.77. The van der Waals surface area contributed by atoms with Crippen molar-refractivity contribution in [1.29, 1.82) is 0 Å². The first-order chi connectivity index (χ1) is 7.46. The molecule has 5 heteroatoms. The number of halogens is 3. The highest BCUT2D eigenvalue weighted by Crippen LogP contribution is 2.32. The van der Waals surface area contributed by atoms with Crippen LogP contribution in [0.4, 0.5) is 13.2 Å². The molecule has 0 amide bonds. The van der Waals surface area contributed by atoms with Crippen molar-refractivity contribution in [3.05, 3.63) is 0 Å². The minimum atomic E-state index is -4.07. The molecule has 0 aromatic rings. The monoisotopic (exact) mass is 234 g/mol. The first-order valence-corrected chi connectivity index (χ1v) is 5.76. The van der Waals surface area contributed by atoms with Crippen LogP contribution in [0.5, 0.6) is 0 Å². The molecular weight excluding hydrogens is 217 g/mol. The molecule has 2 unspecified atom stereocenters. The summed E-state index contributed by atoms with van der Waals surface area (Å²) >= 11 is 0. The van der Waals surface area contributed by atoms with Gasteiger partial charge in [-0.25, -0.2) is 0 Å². The van der Waals surface area contributed by atoms with E-state index in [0.717, 1.165) is 18.6 Å². The van der Waals surface area contributed by atoms with Crippen LogP contribution in [-0.4, -0.2) is 42.5 Å². The fraction of sp³-hybridized carbons (Fsp3) is 0.909. The predicted molar refractivity (Wildman–Crippen MR) is 56.8 cm³/mol. The Morgan fingerprint density at radius 2 is 1.81 bits per heavy atom. The molecule has 2 nitrogen and oxygen atoms in total. The Hall–Kier alpha value is -0.580. The first-order valence-electron chi connectivity index (χ1n) is 5.76. The normalized spacial score (nSPS) is 30.9. The molecular formula is C11H17F3N2. The van der Waals surface area contributed by atoms with E-state index in [4.69, 9.17) is 0 Å². The molecule has 2 rings (SSSR count). The third kappa shape index (κ3) is 2.75. The second kappa shape index (κ2) is 4.35. The summed E-state index contributed by atoms with van der Waals surface area (Å²) in [5.41, 5.74) is 0.995. The summed E-state index contributed by atoms with van der Waals surface area (Å²) in [6, 6.07) is 1.03. The third-order valence-electron chi connectivity index (χ3n) is 3.66. The standard InChI is InChI=1S/C11H17F3N2/c1-16-9-2-3-10(16)7-8(6-9)15-5-4-11(12,13)14/h9-10H,2-7H2,1H3. The van der Waals surface area contributed by atoms with Gasteiger partial charge in [-0.2, -0.15) is 13.2 Å². The van der Waals surface area contributed by atoms with Gasteiger partial charge in [0.25, 0.3) is 0 Å². The van der Waals surface area contributed by atoms with Crippen molar-refractivity contribution in [2.75, 3.05) is 13.6 Å². The minimum Gasteiger partial charge on any atom is -0.300 e. The molecule has 0 radical (unpaired) electrons. The average Bonchev–Trinajstić information content (AvgIpc) is 2.41. The summed E-state index contributed by atoms with van der Waals surface area (Å²) in [5, 5.41) is 0. The maximum Gasteiger partial charge on any atom is 0.390 e. The van der Waals surface area contributed by atoms with E-state index in [0.29, 0.717) is 12.1 Å². The SMILES string of the molecule is CN1C2CCC1CC(=NCCC(F)(F)F)C2. The predicted octanol–water partition coefficient (Wildman–Crippen LogP) is 2.64. The van der Waals surface area contributed by atoms with Gasteiger partial charge in [0.15, 0.2) is 0 Å². The Morgan fingerprint density at radius 1 is 1.25 bits per heavy atom. The molecule has 2 heterocycles. The van der Waals surface area contributed by atoms with Crippen molar-refractivity contribution >= 4 is 5.71 Å². The zero-order chi connectivity index (χ0) is 11.8. The largest absolute Gasteiger partial charge is 0.390 e. The number of aliphatic imine (C=N–C) groups is 1. The van der Waals surface area contributed by atoms with Crippen LogP contribution >= 0.6 is 0 Å². The Bertz CT molecular complexity index is 269. The van der Waals surface area contributed by atoms with Gasteiger partial charge in [-0.3, -0.25) is 9.89 Å². The molecule has 0 aromatic heterocycles. The number of alkyl halides is 3. The van der Waals surface area contributed by atoms with E-state index in [-0.39, 0.29) is 6.54 Å². The fourth-order valence-electron chi connectivity index (χ4n) is 2.68. The highest BCUT2D eigenvalue weighted by atomic mass is 19.4. The van der Waals surface area contributed by atoms with Gasteiger partial charge in [-0.05, 0) is 19.9 Å². The van der Waals surface area contributed by atoms with Crippen LogP contribution in [0.2, 0.25) is 0 Å². The van der Waals surface area contributed by atoms with Crippen LogP contribution in [0, 0.1) is 0 Å². The molecule has 92 valence electrons. The molecule has 0 N–H and O–H groups in total. The Balaban J connectivity index is 1.86. The van der Waals surface area contributed by atoms with E-state index in [1.54, 1.807) is 0 Å². The molecule has 2 aliphatic rings. The topological polar surface area (TPSA) is 15.6 Å². The van der Waals surface area contributed by atoms with Crippen LogP contribution in [0.1, 0.15) is 32.1 Å². The van der Waals surface area contributed by atoms with Crippen molar-refractivity contribution in [2.45, 2.75) is 50.4 Å². The summed E-state index contributed by atoms with van der Waals surface area (Å²) in [5.74, 6) is 0. The Morgan fingerprint density at radius 3 is 2.31 bits per heavy atom. The van der Waals surface area contributed by atoms with E-state index in [2.05, 4.69) is 16.9 Å². The molecule has 0 saturated carbocycles. The van der Waals surface area contributed by atoms with Crippen LogP contribution in [0.15, 0.2) is 4.99 Å². The lowest BCUT2D eigenvalue weighted by Gasteiger charge is -2.32. The molecule has 2 fully saturated rings. The molecule has 2 aliphatic heterocycles. The number of hydrogen-bond donors (Lipinski definition) is 0. The first kappa shape index (κ1) is 11.9. The molecule has 2 atom stereocenters. The number of hydrogen-bond acceptors (Lipinski definition) is 2. The summed E-state index contributed by atoms with van der Waals surface area (Å²) in [7, 11) is 2.11. The Labute approximate surface area is 93.5 Å². The molecule has 0 aliphatic carbocycles. The number of piperidine rings is 1. The van der Waals surface area contributed by atoms with Crippen LogP contribution in [0.25, 0.3) is 0 Å². The quantitative estimate of drug-likeness (QED) is 0.717.